The average molecular weight is 254 g/mol. The van der Waals surface area contributed by atoms with Crippen molar-refractivity contribution in [2.75, 3.05) is 7.11 Å². The number of imidazole rings is 1. The van der Waals surface area contributed by atoms with Gasteiger partial charge in [-0.1, -0.05) is 18.2 Å². The van der Waals surface area contributed by atoms with E-state index in [1.54, 1.807) is 11.7 Å². The third-order valence-electron chi connectivity index (χ3n) is 3.16. The smallest absolute Gasteiger partial charge is 0.331 e. The molecule has 3 rings (SSSR count). The molecule has 0 atom stereocenters. The van der Waals surface area contributed by atoms with Crippen LogP contribution in [0.15, 0.2) is 47.3 Å². The summed E-state index contributed by atoms with van der Waals surface area (Å²) in [6, 6.07) is 13.4. The Kier molecular flexibility index (Phi) is 2.63. The van der Waals surface area contributed by atoms with E-state index in [1.807, 2.05) is 49.4 Å². The number of nitrogens with zero attached hydrogens (tertiary/aromatic N) is 1. The highest BCUT2D eigenvalue weighted by atomic mass is 16.5. The van der Waals surface area contributed by atoms with Crippen LogP contribution in [0, 0.1) is 6.92 Å². The van der Waals surface area contributed by atoms with Crippen LogP contribution in [0.1, 0.15) is 5.56 Å². The minimum absolute atomic E-state index is 0.162. The molecule has 0 amide bonds. The molecule has 0 bridgehead atoms. The maximum Gasteiger partial charge on any atom is 0.331 e. The van der Waals surface area contributed by atoms with Gasteiger partial charge in [0.1, 0.15) is 5.75 Å². The van der Waals surface area contributed by atoms with E-state index in [-0.39, 0.29) is 5.69 Å². The fraction of sp³-hybridized carbons (Fsp3) is 0.133. The van der Waals surface area contributed by atoms with Crippen molar-refractivity contribution < 1.29 is 4.74 Å². The van der Waals surface area contributed by atoms with Crippen molar-refractivity contribution in [3.63, 3.8) is 0 Å². The highest BCUT2D eigenvalue weighted by molar-refractivity contribution is 5.78. The van der Waals surface area contributed by atoms with Crippen LogP contribution in [0.4, 0.5) is 0 Å². The topological polar surface area (TPSA) is 47.0 Å². The lowest BCUT2D eigenvalue weighted by molar-refractivity contribution is 0.413. The molecule has 0 aliphatic rings. The molecule has 4 nitrogen and oxygen atoms in total. The van der Waals surface area contributed by atoms with Gasteiger partial charge in [0, 0.05) is 0 Å². The van der Waals surface area contributed by atoms with Gasteiger partial charge in [-0.3, -0.25) is 4.57 Å². The maximum atomic E-state index is 12.2. The van der Waals surface area contributed by atoms with Crippen LogP contribution < -0.4 is 10.4 Å². The van der Waals surface area contributed by atoms with E-state index in [0.29, 0.717) is 5.75 Å². The zero-order valence-corrected chi connectivity index (χ0v) is 10.8. The number of fused-ring (bicyclic) bond motifs is 1. The van der Waals surface area contributed by atoms with Gasteiger partial charge in [0.2, 0.25) is 0 Å². The SMILES string of the molecule is COc1ccc(C)cc1-n1c(=O)[nH]c2ccccc21. The lowest BCUT2D eigenvalue weighted by atomic mass is 10.2. The molecule has 96 valence electrons. The molecule has 19 heavy (non-hydrogen) atoms. The van der Waals surface area contributed by atoms with Crippen LogP contribution in [0.3, 0.4) is 0 Å². The molecule has 3 aromatic rings. The van der Waals surface area contributed by atoms with Gasteiger partial charge in [0.05, 0.1) is 23.8 Å². The summed E-state index contributed by atoms with van der Waals surface area (Å²) in [4.78, 5) is 15.0. The summed E-state index contributed by atoms with van der Waals surface area (Å²) in [6.45, 7) is 1.99. The molecule has 0 saturated carbocycles. The minimum Gasteiger partial charge on any atom is -0.495 e. The van der Waals surface area contributed by atoms with Crippen LogP contribution >= 0.6 is 0 Å². The number of ether oxygens (including phenoxy) is 1. The third-order valence-corrected chi connectivity index (χ3v) is 3.16. The van der Waals surface area contributed by atoms with Crippen LogP contribution in [-0.4, -0.2) is 16.7 Å². The molecular formula is C15H14N2O2. The van der Waals surface area contributed by atoms with E-state index in [4.69, 9.17) is 4.74 Å². The molecule has 0 aliphatic heterocycles. The van der Waals surface area contributed by atoms with Crippen molar-refractivity contribution in [3.05, 3.63) is 58.5 Å². The Bertz CT molecular complexity index is 799. The van der Waals surface area contributed by atoms with Crippen LogP contribution in [0.5, 0.6) is 5.75 Å². The van der Waals surface area contributed by atoms with Crippen LogP contribution in [0.2, 0.25) is 0 Å². The highest BCUT2D eigenvalue weighted by Crippen LogP contribution is 2.25. The molecule has 1 aromatic heterocycles. The molecular weight excluding hydrogens is 240 g/mol. The van der Waals surface area contributed by atoms with Crippen molar-refractivity contribution in [1.82, 2.24) is 9.55 Å². The number of aryl methyl sites for hydroxylation is 1. The summed E-state index contributed by atoms with van der Waals surface area (Å²) in [5.41, 5.74) is 3.33. The third kappa shape index (κ3) is 1.81. The van der Waals surface area contributed by atoms with E-state index in [0.717, 1.165) is 22.3 Å². The van der Waals surface area contributed by atoms with Crippen molar-refractivity contribution >= 4 is 11.0 Å². The van der Waals surface area contributed by atoms with Gasteiger partial charge in [0.15, 0.2) is 0 Å². The van der Waals surface area contributed by atoms with Crippen LogP contribution in [-0.2, 0) is 0 Å². The zero-order chi connectivity index (χ0) is 13.4. The van der Waals surface area contributed by atoms with Crippen molar-refractivity contribution in [1.29, 1.82) is 0 Å². The van der Waals surface area contributed by atoms with Gasteiger partial charge in [-0.25, -0.2) is 4.79 Å². The summed E-state index contributed by atoms with van der Waals surface area (Å²) in [5, 5.41) is 0. The second kappa shape index (κ2) is 4.31. The Labute approximate surface area is 110 Å². The Hall–Kier alpha value is -2.49. The molecule has 1 N–H and O–H groups in total. The zero-order valence-electron chi connectivity index (χ0n) is 10.8. The monoisotopic (exact) mass is 254 g/mol. The van der Waals surface area contributed by atoms with Crippen molar-refractivity contribution in [2.45, 2.75) is 6.92 Å². The standard InChI is InChI=1S/C15H14N2O2/c1-10-7-8-14(19-2)13(9-10)17-12-6-4-3-5-11(12)16-15(17)18/h3-9H,1-2H3,(H,16,18). The number of hydrogen-bond donors (Lipinski definition) is 1. The van der Waals surface area contributed by atoms with E-state index in [9.17, 15) is 4.79 Å². The summed E-state index contributed by atoms with van der Waals surface area (Å²) >= 11 is 0. The van der Waals surface area contributed by atoms with E-state index in [2.05, 4.69) is 4.98 Å². The molecule has 0 aliphatic carbocycles. The minimum atomic E-state index is -0.162. The van der Waals surface area contributed by atoms with Gasteiger partial charge in [-0.05, 0) is 36.8 Å². The predicted octanol–water partition coefficient (Wildman–Crippen LogP) is 2.64. The Morgan fingerprint density at radius 1 is 1.16 bits per heavy atom. The highest BCUT2D eigenvalue weighted by Gasteiger charge is 2.12. The van der Waals surface area contributed by atoms with Gasteiger partial charge in [-0.2, -0.15) is 0 Å². The van der Waals surface area contributed by atoms with E-state index >= 15 is 0 Å². The lowest BCUT2D eigenvalue weighted by Crippen LogP contribution is -2.15. The first-order chi connectivity index (χ1) is 9.20. The molecule has 0 saturated heterocycles. The first-order valence-electron chi connectivity index (χ1n) is 6.05. The summed E-state index contributed by atoms with van der Waals surface area (Å²) < 4.78 is 6.99. The molecule has 0 unspecified atom stereocenters. The van der Waals surface area contributed by atoms with Crippen molar-refractivity contribution in [2.24, 2.45) is 0 Å². The first kappa shape index (κ1) is 11.6. The number of nitrogens with one attached hydrogen (secondary N) is 1. The average Bonchev–Trinajstić information content (AvgIpc) is 2.74. The van der Waals surface area contributed by atoms with E-state index in [1.165, 1.54) is 0 Å². The number of methoxy groups -OCH3 is 1. The number of hydrogen-bond acceptors (Lipinski definition) is 2. The van der Waals surface area contributed by atoms with E-state index < -0.39 is 0 Å². The largest absolute Gasteiger partial charge is 0.495 e. The summed E-state index contributed by atoms with van der Waals surface area (Å²) in [6.07, 6.45) is 0. The number of aromatic nitrogens is 2. The van der Waals surface area contributed by atoms with Gasteiger partial charge in [0.25, 0.3) is 0 Å². The number of aromatic amines is 1. The number of para-hydroxylation sites is 2. The maximum absolute atomic E-state index is 12.2. The fourth-order valence-corrected chi connectivity index (χ4v) is 2.27. The lowest BCUT2D eigenvalue weighted by Gasteiger charge is -2.10. The fourth-order valence-electron chi connectivity index (χ4n) is 2.27. The molecule has 0 fully saturated rings. The van der Waals surface area contributed by atoms with Gasteiger partial charge < -0.3 is 9.72 Å². The number of H-pyrrole nitrogens is 1. The normalized spacial score (nSPS) is 10.8. The van der Waals surface area contributed by atoms with Gasteiger partial charge >= 0.3 is 5.69 Å². The molecule has 4 heteroatoms. The number of rotatable bonds is 2. The second-order valence-corrected chi connectivity index (χ2v) is 4.46. The molecule has 0 spiro atoms. The quantitative estimate of drug-likeness (QED) is 0.764. The number of benzene rings is 2. The molecule has 1 heterocycles. The van der Waals surface area contributed by atoms with Gasteiger partial charge in [-0.15, -0.1) is 0 Å². The second-order valence-electron chi connectivity index (χ2n) is 4.46. The Balaban J connectivity index is 2.39. The Morgan fingerprint density at radius 2 is 1.95 bits per heavy atom. The Morgan fingerprint density at radius 3 is 2.74 bits per heavy atom. The van der Waals surface area contributed by atoms with Crippen molar-refractivity contribution in [3.8, 4) is 11.4 Å². The van der Waals surface area contributed by atoms with Crippen LogP contribution in [0.25, 0.3) is 16.7 Å². The predicted molar refractivity (Wildman–Crippen MR) is 75.2 cm³/mol. The summed E-state index contributed by atoms with van der Waals surface area (Å²) in [5.74, 6) is 0.678. The first-order valence-corrected chi connectivity index (χ1v) is 6.05. The molecule has 2 aromatic carbocycles. The summed E-state index contributed by atoms with van der Waals surface area (Å²) in [7, 11) is 1.61. The molecule has 0 radical (unpaired) electrons.